The van der Waals surface area contributed by atoms with Gasteiger partial charge in [-0.05, 0) is 36.1 Å². The van der Waals surface area contributed by atoms with Crippen molar-refractivity contribution in [1.82, 2.24) is 0 Å². The van der Waals surface area contributed by atoms with Crippen LogP contribution in [-0.2, 0) is 17.6 Å². The van der Waals surface area contributed by atoms with Crippen molar-refractivity contribution in [2.24, 2.45) is 0 Å². The van der Waals surface area contributed by atoms with Gasteiger partial charge in [-0.3, -0.25) is 4.79 Å². The Morgan fingerprint density at radius 2 is 1.70 bits per heavy atom. The third-order valence-corrected chi connectivity index (χ3v) is 3.52. The molecule has 0 aliphatic carbocycles. The molecule has 0 aromatic heterocycles. The molecule has 0 saturated heterocycles. The Hall–Kier alpha value is -2.43. The molecule has 0 bridgehead atoms. The van der Waals surface area contributed by atoms with Crippen LogP contribution in [0.5, 0.6) is 5.75 Å². The third kappa shape index (κ3) is 4.28. The molecular weight excluding hydrogens is 300 g/mol. The Balaban J connectivity index is 2.04. The predicted octanol–water partition coefficient (Wildman–Crippen LogP) is 4.11. The van der Waals surface area contributed by atoms with Gasteiger partial charge in [0.05, 0.1) is 0 Å². The van der Waals surface area contributed by atoms with Crippen molar-refractivity contribution in [3.05, 3.63) is 59.2 Å². The van der Waals surface area contributed by atoms with Gasteiger partial charge in [-0.2, -0.15) is 0 Å². The molecule has 2 aromatic carbocycles. The number of hydrogen-bond donors (Lipinski definition) is 1. The number of nitrogens with one attached hydrogen (secondary N) is 1. The van der Waals surface area contributed by atoms with Crippen molar-refractivity contribution >= 4 is 11.6 Å². The Kier molecular flexibility index (Phi) is 5.68. The number of halogens is 2. The predicted molar refractivity (Wildman–Crippen MR) is 85.7 cm³/mol. The molecule has 23 heavy (non-hydrogen) atoms. The molecule has 0 spiro atoms. The quantitative estimate of drug-likeness (QED) is 0.870. The highest BCUT2D eigenvalue weighted by Crippen LogP contribution is 2.22. The number of carbonyl (C=O) groups is 1. The number of aryl methyl sites for hydroxylation is 2. The van der Waals surface area contributed by atoms with E-state index in [1.165, 1.54) is 6.07 Å². The van der Waals surface area contributed by atoms with Crippen LogP contribution < -0.4 is 10.1 Å². The number of hydrogen-bond acceptors (Lipinski definition) is 2. The number of benzene rings is 2. The van der Waals surface area contributed by atoms with Gasteiger partial charge in [0.15, 0.2) is 18.2 Å². The highest BCUT2D eigenvalue weighted by Gasteiger charge is 2.11. The topological polar surface area (TPSA) is 38.3 Å². The molecule has 0 atom stereocenters. The van der Waals surface area contributed by atoms with Gasteiger partial charge in [-0.25, -0.2) is 8.78 Å². The zero-order chi connectivity index (χ0) is 16.8. The Morgan fingerprint density at radius 1 is 1.04 bits per heavy atom. The second-order valence-electron chi connectivity index (χ2n) is 5.07. The Bertz CT molecular complexity index is 679. The van der Waals surface area contributed by atoms with Crippen LogP contribution in [0.3, 0.4) is 0 Å². The molecule has 0 aliphatic heterocycles. The molecule has 2 rings (SSSR count). The van der Waals surface area contributed by atoms with E-state index in [1.54, 1.807) is 0 Å². The molecule has 3 nitrogen and oxygen atoms in total. The summed E-state index contributed by atoms with van der Waals surface area (Å²) in [4.78, 5) is 12.1. The van der Waals surface area contributed by atoms with E-state index in [2.05, 4.69) is 5.32 Å². The third-order valence-electron chi connectivity index (χ3n) is 3.52. The van der Waals surface area contributed by atoms with Crippen molar-refractivity contribution in [1.29, 1.82) is 0 Å². The summed E-state index contributed by atoms with van der Waals surface area (Å²) in [6.07, 6.45) is 1.60. The van der Waals surface area contributed by atoms with Gasteiger partial charge in [0.25, 0.3) is 5.91 Å². The summed E-state index contributed by atoms with van der Waals surface area (Å²) in [6, 6.07) is 9.05. The average molecular weight is 319 g/mol. The molecule has 2 aromatic rings. The smallest absolute Gasteiger partial charge is 0.262 e. The lowest BCUT2D eigenvalue weighted by Crippen LogP contribution is -2.21. The minimum atomic E-state index is -1.01. The summed E-state index contributed by atoms with van der Waals surface area (Å²) >= 11 is 0. The van der Waals surface area contributed by atoms with Crippen LogP contribution in [0.2, 0.25) is 0 Å². The van der Waals surface area contributed by atoms with Gasteiger partial charge >= 0.3 is 0 Å². The largest absolute Gasteiger partial charge is 0.484 e. The van der Waals surface area contributed by atoms with E-state index in [0.717, 1.165) is 41.8 Å². The van der Waals surface area contributed by atoms with Crippen molar-refractivity contribution in [2.75, 3.05) is 11.9 Å². The Labute approximate surface area is 134 Å². The van der Waals surface area contributed by atoms with Crippen LogP contribution in [-0.4, -0.2) is 12.5 Å². The lowest BCUT2D eigenvalue weighted by Gasteiger charge is -2.14. The fourth-order valence-corrected chi connectivity index (χ4v) is 2.29. The van der Waals surface area contributed by atoms with Crippen molar-refractivity contribution in [2.45, 2.75) is 26.7 Å². The molecule has 0 heterocycles. The lowest BCUT2D eigenvalue weighted by atomic mass is 10.0. The first-order valence-corrected chi connectivity index (χ1v) is 7.53. The molecular formula is C18H19F2NO2. The molecule has 0 fully saturated rings. The van der Waals surface area contributed by atoms with E-state index in [1.807, 2.05) is 32.0 Å². The summed E-state index contributed by atoms with van der Waals surface area (Å²) in [6.45, 7) is 3.76. The van der Waals surface area contributed by atoms with Crippen LogP contribution in [0.1, 0.15) is 25.0 Å². The molecule has 0 aliphatic rings. The first-order chi connectivity index (χ1) is 11.0. The molecule has 0 unspecified atom stereocenters. The van der Waals surface area contributed by atoms with Gasteiger partial charge in [-0.1, -0.05) is 32.0 Å². The summed E-state index contributed by atoms with van der Waals surface area (Å²) in [5, 5.41) is 2.85. The zero-order valence-electron chi connectivity index (χ0n) is 13.2. The van der Waals surface area contributed by atoms with E-state index in [9.17, 15) is 13.6 Å². The van der Waals surface area contributed by atoms with Gasteiger partial charge in [0.1, 0.15) is 5.75 Å². The number of carbonyl (C=O) groups excluding carboxylic acids is 1. The maximum atomic E-state index is 13.1. The highest BCUT2D eigenvalue weighted by atomic mass is 19.2. The second-order valence-corrected chi connectivity index (χ2v) is 5.07. The van der Waals surface area contributed by atoms with Crippen LogP contribution >= 0.6 is 0 Å². The van der Waals surface area contributed by atoms with Gasteiger partial charge in [0, 0.05) is 11.8 Å². The minimum absolute atomic E-state index is 0.110. The van der Waals surface area contributed by atoms with Gasteiger partial charge < -0.3 is 10.1 Å². The fraction of sp³-hybridized carbons (Fsp3) is 0.278. The maximum Gasteiger partial charge on any atom is 0.262 e. The standard InChI is InChI=1S/C18H19F2NO2/c1-3-12-6-5-7-13(4-2)18(12)21-17(22)11-23-14-8-9-15(19)16(20)10-14/h5-10H,3-4,11H2,1-2H3,(H,21,22). The molecule has 1 N–H and O–H groups in total. The van der Waals surface area contributed by atoms with E-state index in [-0.39, 0.29) is 18.3 Å². The van der Waals surface area contributed by atoms with Crippen LogP contribution in [0.15, 0.2) is 36.4 Å². The highest BCUT2D eigenvalue weighted by molar-refractivity contribution is 5.93. The van der Waals surface area contributed by atoms with Crippen molar-refractivity contribution < 1.29 is 18.3 Å². The first kappa shape index (κ1) is 16.9. The lowest BCUT2D eigenvalue weighted by molar-refractivity contribution is -0.118. The SMILES string of the molecule is CCc1cccc(CC)c1NC(=O)COc1ccc(F)c(F)c1. The minimum Gasteiger partial charge on any atom is -0.484 e. The number of rotatable bonds is 6. The van der Waals surface area contributed by atoms with Crippen LogP contribution in [0.25, 0.3) is 0 Å². The Morgan fingerprint density at radius 3 is 2.26 bits per heavy atom. The second kappa shape index (κ2) is 7.72. The van der Waals surface area contributed by atoms with Gasteiger partial charge in [-0.15, -0.1) is 0 Å². The molecule has 5 heteroatoms. The first-order valence-electron chi connectivity index (χ1n) is 7.53. The van der Waals surface area contributed by atoms with Crippen molar-refractivity contribution in [3.8, 4) is 5.75 Å². The van der Waals surface area contributed by atoms with E-state index in [4.69, 9.17) is 4.74 Å². The number of amides is 1. The van der Waals surface area contributed by atoms with Crippen molar-refractivity contribution in [3.63, 3.8) is 0 Å². The molecule has 0 radical (unpaired) electrons. The molecule has 0 saturated carbocycles. The van der Waals surface area contributed by atoms with E-state index in [0.29, 0.717) is 0 Å². The summed E-state index contributed by atoms with van der Waals surface area (Å²) in [7, 11) is 0. The van der Waals surface area contributed by atoms with Gasteiger partial charge in [0.2, 0.25) is 0 Å². The van der Waals surface area contributed by atoms with Crippen LogP contribution in [0.4, 0.5) is 14.5 Å². The normalized spacial score (nSPS) is 10.4. The number of ether oxygens (including phenoxy) is 1. The zero-order valence-corrected chi connectivity index (χ0v) is 13.2. The van der Waals surface area contributed by atoms with E-state index >= 15 is 0 Å². The van der Waals surface area contributed by atoms with Crippen LogP contribution in [0, 0.1) is 11.6 Å². The summed E-state index contributed by atoms with van der Waals surface area (Å²) < 4.78 is 31.1. The monoisotopic (exact) mass is 319 g/mol. The maximum absolute atomic E-state index is 13.1. The molecule has 122 valence electrons. The fourth-order valence-electron chi connectivity index (χ4n) is 2.29. The van der Waals surface area contributed by atoms with E-state index < -0.39 is 11.6 Å². The average Bonchev–Trinajstić information content (AvgIpc) is 2.56. The number of anilines is 1. The summed E-state index contributed by atoms with van der Waals surface area (Å²) in [5.41, 5.74) is 2.90. The number of para-hydroxylation sites is 1. The molecule has 1 amide bonds. The summed E-state index contributed by atoms with van der Waals surface area (Å²) in [5.74, 6) is -2.19.